The average Bonchev–Trinajstić information content (AvgIpc) is 3.28. The second-order valence-corrected chi connectivity index (χ2v) is 9.06. The SMILES string of the molecule is CC(=O)NC[C@H]1CN(c2cc(F)c(N3CCN(C(=O)[C@H](C)NC(=O)c4cccnc4)CC3)c(F)c2)C(=O)O1. The molecule has 2 aromatic rings. The summed E-state index contributed by atoms with van der Waals surface area (Å²) in [6, 6.07) is 4.54. The van der Waals surface area contributed by atoms with Gasteiger partial charge in [-0.3, -0.25) is 24.3 Å². The molecule has 1 aromatic heterocycles. The second kappa shape index (κ2) is 11.4. The van der Waals surface area contributed by atoms with Crippen LogP contribution in [0.3, 0.4) is 0 Å². The lowest BCUT2D eigenvalue weighted by Crippen LogP contribution is -2.54. The van der Waals surface area contributed by atoms with Crippen LogP contribution in [0, 0.1) is 11.6 Å². The zero-order chi connectivity index (χ0) is 27.4. The van der Waals surface area contributed by atoms with E-state index in [-0.39, 0.29) is 62.5 Å². The number of carbonyl (C=O) groups is 4. The number of hydrogen-bond acceptors (Lipinski definition) is 7. The molecule has 2 fully saturated rings. The number of halogens is 2. The van der Waals surface area contributed by atoms with Crippen molar-refractivity contribution >= 4 is 35.2 Å². The Balaban J connectivity index is 1.35. The average molecular weight is 531 g/mol. The lowest BCUT2D eigenvalue weighted by atomic mass is 10.1. The first-order valence-corrected chi connectivity index (χ1v) is 12.1. The number of aromatic nitrogens is 1. The van der Waals surface area contributed by atoms with Crippen molar-refractivity contribution in [3.63, 3.8) is 0 Å². The predicted molar refractivity (Wildman–Crippen MR) is 133 cm³/mol. The van der Waals surface area contributed by atoms with Crippen LogP contribution >= 0.6 is 0 Å². The van der Waals surface area contributed by atoms with E-state index >= 15 is 8.78 Å². The number of nitrogens with zero attached hydrogens (tertiary/aromatic N) is 4. The van der Waals surface area contributed by atoms with Gasteiger partial charge in [-0.1, -0.05) is 0 Å². The van der Waals surface area contributed by atoms with E-state index in [1.165, 1.54) is 29.1 Å². The summed E-state index contributed by atoms with van der Waals surface area (Å²) in [4.78, 5) is 56.5. The molecule has 202 valence electrons. The number of pyridine rings is 1. The Morgan fingerprint density at radius 2 is 1.84 bits per heavy atom. The highest BCUT2D eigenvalue weighted by Gasteiger charge is 2.34. The van der Waals surface area contributed by atoms with Gasteiger partial charge in [-0.15, -0.1) is 0 Å². The molecule has 3 heterocycles. The smallest absolute Gasteiger partial charge is 0.414 e. The lowest BCUT2D eigenvalue weighted by Gasteiger charge is -2.37. The molecule has 0 spiro atoms. The number of hydrogen-bond donors (Lipinski definition) is 2. The highest BCUT2D eigenvalue weighted by atomic mass is 19.1. The van der Waals surface area contributed by atoms with Gasteiger partial charge in [-0.2, -0.15) is 0 Å². The van der Waals surface area contributed by atoms with E-state index in [1.807, 2.05) is 0 Å². The van der Waals surface area contributed by atoms with Crippen molar-refractivity contribution in [3.05, 3.63) is 53.9 Å². The molecule has 0 aliphatic carbocycles. The van der Waals surface area contributed by atoms with Crippen molar-refractivity contribution in [1.82, 2.24) is 20.5 Å². The number of ether oxygens (including phenoxy) is 1. The van der Waals surface area contributed by atoms with Gasteiger partial charge in [-0.25, -0.2) is 13.6 Å². The van der Waals surface area contributed by atoms with Gasteiger partial charge in [0, 0.05) is 57.6 Å². The van der Waals surface area contributed by atoms with E-state index < -0.39 is 35.8 Å². The third-order valence-corrected chi connectivity index (χ3v) is 6.32. The summed E-state index contributed by atoms with van der Waals surface area (Å²) in [5.74, 6) is -2.72. The molecule has 2 atom stereocenters. The van der Waals surface area contributed by atoms with E-state index in [9.17, 15) is 19.2 Å². The molecule has 2 saturated heterocycles. The molecule has 0 bridgehead atoms. The van der Waals surface area contributed by atoms with Crippen molar-refractivity contribution in [2.75, 3.05) is 49.1 Å². The molecule has 2 aliphatic heterocycles. The molecule has 2 aliphatic rings. The number of cyclic esters (lactones) is 1. The second-order valence-electron chi connectivity index (χ2n) is 9.06. The summed E-state index contributed by atoms with van der Waals surface area (Å²) >= 11 is 0. The molecule has 0 unspecified atom stereocenters. The maximum atomic E-state index is 15.1. The van der Waals surface area contributed by atoms with Crippen molar-refractivity contribution < 1.29 is 32.7 Å². The standard InChI is InChI=1S/C25H28F2N6O5/c1-15(30-23(35)17-4-3-5-28-12-17)24(36)32-8-6-31(7-9-32)22-20(26)10-18(11-21(22)27)33-14-19(38-25(33)37)13-29-16(2)34/h3-5,10-12,15,19H,6-9,13-14H2,1-2H3,(H,29,34)(H,30,35)/t15-,19-/m0/s1. The van der Waals surface area contributed by atoms with Crippen LogP contribution in [-0.4, -0.2) is 85.1 Å². The first-order chi connectivity index (χ1) is 18.1. The Morgan fingerprint density at radius 3 is 2.45 bits per heavy atom. The van der Waals surface area contributed by atoms with Gasteiger partial charge in [0.25, 0.3) is 5.91 Å². The van der Waals surface area contributed by atoms with Gasteiger partial charge in [0.2, 0.25) is 11.8 Å². The summed E-state index contributed by atoms with van der Waals surface area (Å²) in [5, 5.41) is 5.18. The molecule has 0 radical (unpaired) electrons. The molecular formula is C25H28F2N6O5. The van der Waals surface area contributed by atoms with Gasteiger partial charge in [-0.05, 0) is 19.1 Å². The van der Waals surface area contributed by atoms with Crippen LogP contribution in [0.1, 0.15) is 24.2 Å². The van der Waals surface area contributed by atoms with E-state index in [2.05, 4.69) is 15.6 Å². The van der Waals surface area contributed by atoms with Gasteiger partial charge in [0.1, 0.15) is 17.8 Å². The first-order valence-electron chi connectivity index (χ1n) is 12.1. The number of benzene rings is 1. The zero-order valence-electron chi connectivity index (χ0n) is 20.9. The third-order valence-electron chi connectivity index (χ3n) is 6.32. The maximum Gasteiger partial charge on any atom is 0.414 e. The van der Waals surface area contributed by atoms with Crippen LogP contribution in [0.15, 0.2) is 36.7 Å². The first kappa shape index (κ1) is 26.8. The number of anilines is 2. The Hall–Kier alpha value is -4.29. The van der Waals surface area contributed by atoms with Crippen LogP contribution in [-0.2, 0) is 14.3 Å². The van der Waals surface area contributed by atoms with Crippen LogP contribution < -0.4 is 20.4 Å². The number of piperazine rings is 1. The summed E-state index contributed by atoms with van der Waals surface area (Å²) in [7, 11) is 0. The molecule has 38 heavy (non-hydrogen) atoms. The van der Waals surface area contributed by atoms with E-state index in [0.717, 1.165) is 17.0 Å². The third kappa shape index (κ3) is 5.98. The number of rotatable bonds is 7. The highest BCUT2D eigenvalue weighted by Crippen LogP contribution is 2.31. The summed E-state index contributed by atoms with van der Waals surface area (Å²) in [5.41, 5.74) is 0.0871. The fraction of sp³-hybridized carbons (Fsp3) is 0.400. The zero-order valence-corrected chi connectivity index (χ0v) is 20.9. The minimum Gasteiger partial charge on any atom is -0.442 e. The molecular weight excluding hydrogens is 502 g/mol. The quantitative estimate of drug-likeness (QED) is 0.553. The summed E-state index contributed by atoms with van der Waals surface area (Å²) < 4.78 is 35.3. The Labute approximate surface area is 217 Å². The van der Waals surface area contributed by atoms with Gasteiger partial charge < -0.3 is 25.2 Å². The number of carbonyl (C=O) groups excluding carboxylic acids is 4. The number of amides is 4. The summed E-state index contributed by atoms with van der Waals surface area (Å²) in [6.45, 7) is 3.79. The molecule has 13 heteroatoms. The summed E-state index contributed by atoms with van der Waals surface area (Å²) in [6.07, 6.45) is 1.54. The number of nitrogens with one attached hydrogen (secondary N) is 2. The normalized spacial score (nSPS) is 18.2. The van der Waals surface area contributed by atoms with Crippen molar-refractivity contribution in [3.8, 4) is 0 Å². The molecule has 11 nitrogen and oxygen atoms in total. The maximum absolute atomic E-state index is 15.1. The van der Waals surface area contributed by atoms with Gasteiger partial charge in [0.15, 0.2) is 11.6 Å². The Bertz CT molecular complexity index is 1200. The molecule has 4 rings (SSSR count). The van der Waals surface area contributed by atoms with Crippen molar-refractivity contribution in [1.29, 1.82) is 0 Å². The van der Waals surface area contributed by atoms with Crippen LogP contribution in [0.25, 0.3) is 0 Å². The monoisotopic (exact) mass is 530 g/mol. The highest BCUT2D eigenvalue weighted by molar-refractivity contribution is 5.97. The van der Waals surface area contributed by atoms with Crippen LogP contribution in [0.5, 0.6) is 0 Å². The topological polar surface area (TPSA) is 124 Å². The lowest BCUT2D eigenvalue weighted by molar-refractivity contribution is -0.133. The fourth-order valence-electron chi connectivity index (χ4n) is 4.37. The van der Waals surface area contributed by atoms with E-state index in [1.54, 1.807) is 19.1 Å². The van der Waals surface area contributed by atoms with Crippen LogP contribution in [0.2, 0.25) is 0 Å². The predicted octanol–water partition coefficient (Wildman–Crippen LogP) is 1.29. The van der Waals surface area contributed by atoms with Crippen molar-refractivity contribution in [2.45, 2.75) is 26.0 Å². The molecule has 4 amide bonds. The van der Waals surface area contributed by atoms with E-state index in [4.69, 9.17) is 4.74 Å². The van der Waals surface area contributed by atoms with Crippen molar-refractivity contribution in [2.24, 2.45) is 0 Å². The van der Waals surface area contributed by atoms with E-state index in [0.29, 0.717) is 5.56 Å². The molecule has 0 saturated carbocycles. The van der Waals surface area contributed by atoms with Gasteiger partial charge in [0.05, 0.1) is 24.3 Å². The molecule has 2 N–H and O–H groups in total. The Morgan fingerprint density at radius 1 is 1.16 bits per heavy atom. The largest absolute Gasteiger partial charge is 0.442 e. The fourth-order valence-corrected chi connectivity index (χ4v) is 4.37. The van der Waals surface area contributed by atoms with Gasteiger partial charge >= 0.3 is 6.09 Å². The van der Waals surface area contributed by atoms with Crippen LogP contribution in [0.4, 0.5) is 25.0 Å². The minimum atomic E-state index is -0.852. The Kier molecular flexibility index (Phi) is 8.03. The molecule has 1 aromatic carbocycles. The minimum absolute atomic E-state index is 0.00562.